The third kappa shape index (κ3) is 3.98. The van der Waals surface area contributed by atoms with Gasteiger partial charge in [-0.25, -0.2) is 0 Å². The van der Waals surface area contributed by atoms with Gasteiger partial charge in [0.1, 0.15) is 5.75 Å². The second-order valence-corrected chi connectivity index (χ2v) is 7.26. The van der Waals surface area contributed by atoms with E-state index in [9.17, 15) is 4.79 Å². The molecule has 2 heterocycles. The van der Waals surface area contributed by atoms with Crippen LogP contribution in [-0.2, 0) is 11.8 Å². The Bertz CT molecular complexity index is 746. The monoisotopic (exact) mass is 360 g/mol. The van der Waals surface area contributed by atoms with E-state index in [0.29, 0.717) is 11.8 Å². The Hall–Kier alpha value is -2.02. The molecule has 1 aliphatic rings. The molecule has 1 aliphatic heterocycles. The first-order valence-electron chi connectivity index (χ1n) is 8.56. The van der Waals surface area contributed by atoms with Crippen molar-refractivity contribution in [1.29, 1.82) is 0 Å². The minimum Gasteiger partial charge on any atom is -0.497 e. The summed E-state index contributed by atoms with van der Waals surface area (Å²) in [5.41, 5.74) is 0.942. The zero-order valence-electron chi connectivity index (χ0n) is 14.9. The number of methoxy groups -OCH3 is 1. The molecule has 0 saturated carbocycles. The van der Waals surface area contributed by atoms with Gasteiger partial charge in [-0.05, 0) is 38.3 Å². The van der Waals surface area contributed by atoms with E-state index >= 15 is 0 Å². The number of nitrogens with zero attached hydrogens (tertiary/aromatic N) is 4. The highest BCUT2D eigenvalue weighted by Crippen LogP contribution is 2.26. The van der Waals surface area contributed by atoms with Crippen LogP contribution in [0, 0.1) is 0 Å². The third-order valence-corrected chi connectivity index (χ3v) is 5.62. The average molecular weight is 360 g/mol. The van der Waals surface area contributed by atoms with Gasteiger partial charge < -0.3 is 14.2 Å². The van der Waals surface area contributed by atoms with Crippen LogP contribution in [0.15, 0.2) is 29.4 Å². The van der Waals surface area contributed by atoms with Crippen LogP contribution in [0.1, 0.15) is 26.2 Å². The van der Waals surface area contributed by atoms with Crippen molar-refractivity contribution in [2.24, 2.45) is 7.05 Å². The smallest absolute Gasteiger partial charge is 0.233 e. The van der Waals surface area contributed by atoms with Crippen LogP contribution in [0.5, 0.6) is 5.75 Å². The Labute approximate surface area is 152 Å². The highest BCUT2D eigenvalue weighted by molar-refractivity contribution is 7.99. The number of thioether (sulfide) groups is 1. The maximum absolute atomic E-state index is 12.5. The van der Waals surface area contributed by atoms with Crippen molar-refractivity contribution in [2.75, 3.05) is 19.4 Å². The number of amides is 1. The van der Waals surface area contributed by atoms with Crippen LogP contribution < -0.4 is 4.74 Å². The highest BCUT2D eigenvalue weighted by Gasteiger charge is 2.23. The standard InChI is InChI=1S/C18H24N4O2S/c1-13-7-4-5-10-22(13)16(23)12-25-18-20-19-17(21(18)2)14-8-6-9-15(11-14)24-3/h6,8-9,11,13H,4-5,7,10,12H2,1-3H3/t13-/m1/s1. The van der Waals surface area contributed by atoms with E-state index in [1.807, 2.05) is 40.8 Å². The molecule has 1 saturated heterocycles. The summed E-state index contributed by atoms with van der Waals surface area (Å²) in [6.45, 7) is 3.00. The maximum atomic E-state index is 12.5. The molecule has 6 nitrogen and oxygen atoms in total. The van der Waals surface area contributed by atoms with Crippen LogP contribution in [0.25, 0.3) is 11.4 Å². The van der Waals surface area contributed by atoms with Gasteiger partial charge in [0.25, 0.3) is 0 Å². The lowest BCUT2D eigenvalue weighted by molar-refractivity contribution is -0.131. The van der Waals surface area contributed by atoms with Gasteiger partial charge in [0, 0.05) is 25.2 Å². The van der Waals surface area contributed by atoms with Crippen molar-refractivity contribution in [3.8, 4) is 17.1 Å². The molecule has 1 aromatic carbocycles. The Morgan fingerprint density at radius 3 is 2.96 bits per heavy atom. The first-order chi connectivity index (χ1) is 12.1. The lowest BCUT2D eigenvalue weighted by Gasteiger charge is -2.33. The summed E-state index contributed by atoms with van der Waals surface area (Å²) in [4.78, 5) is 14.5. The molecule has 0 spiro atoms. The summed E-state index contributed by atoms with van der Waals surface area (Å²) >= 11 is 1.44. The highest BCUT2D eigenvalue weighted by atomic mass is 32.2. The predicted octanol–water partition coefficient (Wildman–Crippen LogP) is 2.98. The summed E-state index contributed by atoms with van der Waals surface area (Å²) in [5, 5.41) is 9.27. The normalized spacial score (nSPS) is 17.6. The van der Waals surface area contributed by atoms with Gasteiger partial charge in [-0.15, -0.1) is 10.2 Å². The van der Waals surface area contributed by atoms with Gasteiger partial charge >= 0.3 is 0 Å². The summed E-state index contributed by atoms with van der Waals surface area (Å²) in [7, 11) is 3.56. The lowest BCUT2D eigenvalue weighted by atomic mass is 10.0. The summed E-state index contributed by atoms with van der Waals surface area (Å²) in [6, 6.07) is 8.07. The van der Waals surface area contributed by atoms with Gasteiger partial charge in [-0.1, -0.05) is 23.9 Å². The van der Waals surface area contributed by atoms with Crippen molar-refractivity contribution in [3.63, 3.8) is 0 Å². The van der Waals surface area contributed by atoms with Crippen molar-refractivity contribution >= 4 is 17.7 Å². The summed E-state index contributed by atoms with van der Waals surface area (Å²) < 4.78 is 7.19. The number of likely N-dealkylation sites (tertiary alicyclic amines) is 1. The Morgan fingerprint density at radius 1 is 1.36 bits per heavy atom. The van der Waals surface area contributed by atoms with E-state index in [4.69, 9.17) is 4.74 Å². The molecule has 3 rings (SSSR count). The van der Waals surface area contributed by atoms with Crippen molar-refractivity contribution in [2.45, 2.75) is 37.4 Å². The lowest BCUT2D eigenvalue weighted by Crippen LogP contribution is -2.42. The molecule has 0 unspecified atom stereocenters. The topological polar surface area (TPSA) is 60.3 Å². The van der Waals surface area contributed by atoms with E-state index in [0.717, 1.165) is 41.7 Å². The van der Waals surface area contributed by atoms with Gasteiger partial charge in [0.15, 0.2) is 11.0 Å². The molecule has 25 heavy (non-hydrogen) atoms. The fraction of sp³-hybridized carbons (Fsp3) is 0.500. The van der Waals surface area contributed by atoms with Crippen molar-refractivity contribution in [3.05, 3.63) is 24.3 Å². The largest absolute Gasteiger partial charge is 0.497 e. The van der Waals surface area contributed by atoms with E-state index in [-0.39, 0.29) is 5.91 Å². The number of carbonyl (C=O) groups is 1. The average Bonchev–Trinajstić information content (AvgIpc) is 3.00. The number of ether oxygens (including phenoxy) is 1. The molecule has 0 radical (unpaired) electrons. The number of aromatic nitrogens is 3. The Morgan fingerprint density at radius 2 is 2.20 bits per heavy atom. The molecule has 1 amide bonds. The van der Waals surface area contributed by atoms with E-state index in [1.54, 1.807) is 7.11 Å². The Balaban J connectivity index is 1.68. The first kappa shape index (κ1) is 17.8. The minimum atomic E-state index is 0.183. The molecule has 2 aromatic rings. The van der Waals surface area contributed by atoms with Crippen LogP contribution >= 0.6 is 11.8 Å². The number of piperidine rings is 1. The molecular formula is C18H24N4O2S. The van der Waals surface area contributed by atoms with E-state index in [2.05, 4.69) is 17.1 Å². The number of hydrogen-bond acceptors (Lipinski definition) is 5. The number of carbonyl (C=O) groups excluding carboxylic acids is 1. The van der Waals surface area contributed by atoms with Crippen LogP contribution in [0.4, 0.5) is 0 Å². The molecule has 0 N–H and O–H groups in total. The van der Waals surface area contributed by atoms with E-state index < -0.39 is 0 Å². The molecule has 1 fully saturated rings. The first-order valence-corrected chi connectivity index (χ1v) is 9.55. The van der Waals surface area contributed by atoms with Gasteiger partial charge in [0.2, 0.25) is 5.91 Å². The number of rotatable bonds is 5. The zero-order chi connectivity index (χ0) is 17.8. The molecule has 7 heteroatoms. The SMILES string of the molecule is COc1cccc(-c2nnc(SCC(=O)N3CCCC[C@H]3C)n2C)c1. The molecule has 134 valence electrons. The minimum absolute atomic E-state index is 0.183. The molecular weight excluding hydrogens is 336 g/mol. The van der Waals surface area contributed by atoms with E-state index in [1.165, 1.54) is 18.2 Å². The van der Waals surface area contributed by atoms with Gasteiger partial charge in [0.05, 0.1) is 12.9 Å². The quantitative estimate of drug-likeness (QED) is 0.767. The summed E-state index contributed by atoms with van der Waals surface area (Å²) in [6.07, 6.45) is 3.41. The molecule has 0 aliphatic carbocycles. The maximum Gasteiger partial charge on any atom is 0.233 e. The fourth-order valence-electron chi connectivity index (χ4n) is 3.13. The second-order valence-electron chi connectivity index (χ2n) is 6.32. The van der Waals surface area contributed by atoms with Crippen molar-refractivity contribution in [1.82, 2.24) is 19.7 Å². The number of benzene rings is 1. The van der Waals surface area contributed by atoms with Crippen LogP contribution in [0.3, 0.4) is 0 Å². The summed E-state index contributed by atoms with van der Waals surface area (Å²) in [5.74, 6) is 2.13. The number of hydrogen-bond donors (Lipinski definition) is 0. The van der Waals surface area contributed by atoms with Crippen LogP contribution in [0.2, 0.25) is 0 Å². The predicted molar refractivity (Wildman–Crippen MR) is 98.7 cm³/mol. The van der Waals surface area contributed by atoms with Crippen LogP contribution in [-0.4, -0.2) is 51.0 Å². The fourth-order valence-corrected chi connectivity index (χ4v) is 3.93. The zero-order valence-corrected chi connectivity index (χ0v) is 15.8. The van der Waals surface area contributed by atoms with Crippen molar-refractivity contribution < 1.29 is 9.53 Å². The second kappa shape index (κ2) is 7.91. The van der Waals surface area contributed by atoms with Gasteiger partial charge in [-0.3, -0.25) is 4.79 Å². The third-order valence-electron chi connectivity index (χ3n) is 4.61. The molecule has 1 aromatic heterocycles. The van der Waals surface area contributed by atoms with Gasteiger partial charge in [-0.2, -0.15) is 0 Å². The molecule has 0 bridgehead atoms. The Kier molecular flexibility index (Phi) is 5.63. The molecule has 1 atom stereocenters.